The smallest absolute Gasteiger partial charge is 0.255 e. The highest BCUT2D eigenvalue weighted by Crippen LogP contribution is 2.25. The zero-order valence-electron chi connectivity index (χ0n) is 10.5. The molecule has 2 aromatic carbocycles. The van der Waals surface area contributed by atoms with Gasteiger partial charge in [-0.15, -0.1) is 0 Å². The summed E-state index contributed by atoms with van der Waals surface area (Å²) in [5.41, 5.74) is 2.26. The molecule has 0 amide bonds. The topological polar surface area (TPSA) is 42.2 Å². The van der Waals surface area contributed by atoms with Crippen LogP contribution < -0.4 is 5.56 Å². The molecule has 0 spiro atoms. The van der Waals surface area contributed by atoms with Gasteiger partial charge < -0.3 is 5.11 Å². The van der Waals surface area contributed by atoms with E-state index in [1.165, 1.54) is 10.6 Å². The highest BCUT2D eigenvalue weighted by molar-refractivity contribution is 5.86. The maximum atomic E-state index is 12.1. The third kappa shape index (κ3) is 1.89. The summed E-state index contributed by atoms with van der Waals surface area (Å²) in [5.74, 6) is 0.107. The molecule has 3 rings (SSSR count). The van der Waals surface area contributed by atoms with Crippen molar-refractivity contribution < 1.29 is 5.11 Å². The minimum atomic E-state index is -0.155. The number of hydrogen-bond donors (Lipinski definition) is 1. The molecule has 0 unspecified atom stereocenters. The van der Waals surface area contributed by atoms with Gasteiger partial charge in [-0.3, -0.25) is 9.36 Å². The van der Waals surface area contributed by atoms with E-state index in [4.69, 9.17) is 0 Å². The third-order valence-electron chi connectivity index (χ3n) is 3.19. The average Bonchev–Trinajstić information content (AvgIpc) is 2.41. The Kier molecular flexibility index (Phi) is 2.60. The van der Waals surface area contributed by atoms with Crippen LogP contribution in [0.15, 0.2) is 59.4 Å². The maximum absolute atomic E-state index is 12.1. The van der Waals surface area contributed by atoms with Gasteiger partial charge >= 0.3 is 0 Å². The van der Waals surface area contributed by atoms with Gasteiger partial charge in [0.15, 0.2) is 0 Å². The fourth-order valence-electron chi connectivity index (χ4n) is 2.22. The molecule has 0 saturated heterocycles. The van der Waals surface area contributed by atoms with Gasteiger partial charge in [0.2, 0.25) is 0 Å². The van der Waals surface area contributed by atoms with Gasteiger partial charge in [0.05, 0.1) is 5.52 Å². The number of fused-ring (bicyclic) bond motifs is 1. The number of rotatable bonds is 1. The normalized spacial score (nSPS) is 10.8. The Hall–Kier alpha value is -2.55. The van der Waals surface area contributed by atoms with Gasteiger partial charge in [-0.2, -0.15) is 0 Å². The number of aromatic hydroxyl groups is 1. The molecule has 3 aromatic rings. The predicted octanol–water partition coefficient (Wildman–Crippen LogP) is 3.00. The molecule has 1 aromatic heterocycles. The second-order valence-corrected chi connectivity index (χ2v) is 4.56. The van der Waals surface area contributed by atoms with Crippen LogP contribution in [0.5, 0.6) is 5.75 Å². The fraction of sp³-hybridized carbons (Fsp3) is 0.0625. The molecule has 0 bridgehead atoms. The Morgan fingerprint density at radius 3 is 2.42 bits per heavy atom. The van der Waals surface area contributed by atoms with E-state index in [1.807, 2.05) is 37.3 Å². The molecule has 0 aliphatic heterocycles. The summed E-state index contributed by atoms with van der Waals surface area (Å²) in [6.07, 6.45) is 0. The molecule has 19 heavy (non-hydrogen) atoms. The highest BCUT2D eigenvalue weighted by Gasteiger charge is 2.08. The van der Waals surface area contributed by atoms with Crippen molar-refractivity contribution in [3.05, 3.63) is 70.5 Å². The number of aryl methyl sites for hydroxylation is 1. The van der Waals surface area contributed by atoms with E-state index in [0.29, 0.717) is 5.52 Å². The second-order valence-electron chi connectivity index (χ2n) is 4.56. The standard InChI is InChI=1S/C16H13NO2/c1-11-5-8-13(9-6-11)17-15(19)10-7-12-3-2-4-14(18)16(12)17/h2-10,18H,1H3. The molecule has 0 radical (unpaired) electrons. The van der Waals surface area contributed by atoms with Gasteiger partial charge in [0.25, 0.3) is 5.56 Å². The molecule has 3 heteroatoms. The lowest BCUT2D eigenvalue weighted by Gasteiger charge is -2.11. The van der Waals surface area contributed by atoms with E-state index in [0.717, 1.165) is 16.6 Å². The maximum Gasteiger partial charge on any atom is 0.255 e. The number of phenols is 1. The van der Waals surface area contributed by atoms with Crippen molar-refractivity contribution in [3.8, 4) is 11.4 Å². The first-order valence-electron chi connectivity index (χ1n) is 6.07. The van der Waals surface area contributed by atoms with E-state index < -0.39 is 0 Å². The molecule has 0 saturated carbocycles. The summed E-state index contributed by atoms with van der Waals surface area (Å²) < 4.78 is 1.53. The third-order valence-corrected chi connectivity index (χ3v) is 3.19. The van der Waals surface area contributed by atoms with Crippen LogP contribution in [-0.2, 0) is 0 Å². The van der Waals surface area contributed by atoms with Crippen LogP contribution in [0.25, 0.3) is 16.6 Å². The van der Waals surface area contributed by atoms with Crippen molar-refractivity contribution in [2.45, 2.75) is 6.92 Å². The number of phenolic OH excluding ortho intramolecular Hbond substituents is 1. The van der Waals surface area contributed by atoms with E-state index in [9.17, 15) is 9.90 Å². The predicted molar refractivity (Wildman–Crippen MR) is 75.9 cm³/mol. The lowest BCUT2D eigenvalue weighted by molar-refractivity contribution is 0.479. The van der Waals surface area contributed by atoms with Gasteiger partial charge in [-0.1, -0.05) is 29.8 Å². The van der Waals surface area contributed by atoms with Crippen LogP contribution in [0, 0.1) is 6.92 Å². The van der Waals surface area contributed by atoms with E-state index >= 15 is 0 Å². The Morgan fingerprint density at radius 1 is 0.947 bits per heavy atom. The Labute approximate surface area is 110 Å². The lowest BCUT2D eigenvalue weighted by atomic mass is 10.1. The second kappa shape index (κ2) is 4.28. The fourth-order valence-corrected chi connectivity index (χ4v) is 2.22. The molecule has 94 valence electrons. The molecule has 0 aliphatic rings. The zero-order valence-corrected chi connectivity index (χ0v) is 10.5. The molecule has 1 heterocycles. The largest absolute Gasteiger partial charge is 0.506 e. The van der Waals surface area contributed by atoms with Crippen LogP contribution in [-0.4, -0.2) is 9.67 Å². The number of aromatic nitrogens is 1. The Bertz CT molecular complexity index is 801. The van der Waals surface area contributed by atoms with Crippen LogP contribution in [0.4, 0.5) is 0 Å². The van der Waals surface area contributed by atoms with E-state index in [2.05, 4.69) is 0 Å². The van der Waals surface area contributed by atoms with Gasteiger partial charge in [-0.25, -0.2) is 0 Å². The minimum Gasteiger partial charge on any atom is -0.506 e. The van der Waals surface area contributed by atoms with Crippen molar-refractivity contribution in [2.24, 2.45) is 0 Å². The Balaban J connectivity index is 2.42. The average molecular weight is 251 g/mol. The molecule has 1 N–H and O–H groups in total. The van der Waals surface area contributed by atoms with E-state index in [-0.39, 0.29) is 11.3 Å². The SMILES string of the molecule is Cc1ccc(-n2c(=O)ccc3cccc(O)c32)cc1. The number of pyridine rings is 1. The van der Waals surface area contributed by atoms with Gasteiger partial charge in [0, 0.05) is 17.1 Å². The summed E-state index contributed by atoms with van der Waals surface area (Å²) in [7, 11) is 0. The monoisotopic (exact) mass is 251 g/mol. The first kappa shape index (κ1) is 11.5. The first-order chi connectivity index (χ1) is 9.16. The summed E-state index contributed by atoms with van der Waals surface area (Å²) >= 11 is 0. The van der Waals surface area contributed by atoms with Crippen molar-refractivity contribution in [1.82, 2.24) is 4.57 Å². The van der Waals surface area contributed by atoms with Crippen LogP contribution in [0.3, 0.4) is 0 Å². The molecular formula is C16H13NO2. The molecule has 0 atom stereocenters. The van der Waals surface area contributed by atoms with Crippen molar-refractivity contribution in [3.63, 3.8) is 0 Å². The lowest BCUT2D eigenvalue weighted by Crippen LogP contribution is -2.17. The number of benzene rings is 2. The molecular weight excluding hydrogens is 238 g/mol. The highest BCUT2D eigenvalue weighted by atomic mass is 16.3. The molecule has 0 aliphatic carbocycles. The Morgan fingerprint density at radius 2 is 1.68 bits per heavy atom. The molecule has 0 fully saturated rings. The number of hydrogen-bond acceptors (Lipinski definition) is 2. The van der Waals surface area contributed by atoms with Crippen LogP contribution >= 0.6 is 0 Å². The first-order valence-corrected chi connectivity index (χ1v) is 6.07. The molecule has 3 nitrogen and oxygen atoms in total. The summed E-state index contributed by atoms with van der Waals surface area (Å²) in [6.45, 7) is 1.99. The van der Waals surface area contributed by atoms with E-state index in [1.54, 1.807) is 18.2 Å². The number of nitrogens with zero attached hydrogens (tertiary/aromatic N) is 1. The summed E-state index contributed by atoms with van der Waals surface area (Å²) in [6, 6.07) is 16.1. The van der Waals surface area contributed by atoms with Crippen LogP contribution in [0.1, 0.15) is 5.56 Å². The van der Waals surface area contributed by atoms with Crippen molar-refractivity contribution in [2.75, 3.05) is 0 Å². The number of para-hydroxylation sites is 1. The summed E-state index contributed by atoms with van der Waals surface area (Å²) in [4.78, 5) is 12.1. The zero-order chi connectivity index (χ0) is 13.4. The van der Waals surface area contributed by atoms with Crippen molar-refractivity contribution in [1.29, 1.82) is 0 Å². The summed E-state index contributed by atoms with van der Waals surface area (Å²) in [5, 5.41) is 10.9. The minimum absolute atomic E-state index is 0.107. The van der Waals surface area contributed by atoms with Gasteiger partial charge in [-0.05, 0) is 31.2 Å². The van der Waals surface area contributed by atoms with Crippen LogP contribution in [0.2, 0.25) is 0 Å². The quantitative estimate of drug-likeness (QED) is 0.722. The van der Waals surface area contributed by atoms with Gasteiger partial charge in [0.1, 0.15) is 5.75 Å². The van der Waals surface area contributed by atoms with Crippen molar-refractivity contribution >= 4 is 10.9 Å².